The van der Waals surface area contributed by atoms with Crippen molar-refractivity contribution in [2.75, 3.05) is 6.61 Å². The van der Waals surface area contributed by atoms with Crippen LogP contribution in [0.1, 0.15) is 23.7 Å². The average molecular weight is 490 g/mol. The molecule has 27 heavy (non-hydrogen) atoms. The van der Waals surface area contributed by atoms with Gasteiger partial charge in [0.25, 0.3) is 0 Å². The molecule has 0 bridgehead atoms. The minimum atomic E-state index is -0.425. The molecule has 0 aliphatic carbocycles. The minimum Gasteiger partial charge on any atom is -0.492 e. The van der Waals surface area contributed by atoms with Gasteiger partial charge in [-0.1, -0.05) is 43.3 Å². The van der Waals surface area contributed by atoms with Crippen molar-refractivity contribution in [2.24, 2.45) is 0 Å². The van der Waals surface area contributed by atoms with Gasteiger partial charge < -0.3 is 9.47 Å². The zero-order valence-corrected chi connectivity index (χ0v) is 17.9. The largest absolute Gasteiger partial charge is 0.492 e. The lowest BCUT2D eigenvalue weighted by molar-refractivity contribution is 0.0733. The van der Waals surface area contributed by atoms with Crippen LogP contribution in [0.3, 0.4) is 0 Å². The Balaban J connectivity index is 1.75. The first-order chi connectivity index (χ1) is 13.1. The molecule has 0 aromatic heterocycles. The molecule has 3 rings (SSSR count). The van der Waals surface area contributed by atoms with E-state index in [1.807, 2.05) is 49.4 Å². The van der Waals surface area contributed by atoms with Crippen molar-refractivity contribution in [3.63, 3.8) is 0 Å². The van der Waals surface area contributed by atoms with Crippen LogP contribution >= 0.6 is 31.9 Å². The van der Waals surface area contributed by atoms with Crippen molar-refractivity contribution in [3.05, 3.63) is 81.2 Å². The van der Waals surface area contributed by atoms with Crippen molar-refractivity contribution in [3.8, 4) is 22.6 Å². The van der Waals surface area contributed by atoms with E-state index in [1.54, 1.807) is 24.3 Å². The van der Waals surface area contributed by atoms with Crippen LogP contribution in [0.5, 0.6) is 11.5 Å². The van der Waals surface area contributed by atoms with Crippen molar-refractivity contribution < 1.29 is 14.3 Å². The van der Waals surface area contributed by atoms with Crippen LogP contribution in [0.2, 0.25) is 0 Å². The summed E-state index contributed by atoms with van der Waals surface area (Å²) in [6.07, 6.45) is 0.920. The third-order valence-corrected chi connectivity index (χ3v) is 5.11. The molecule has 0 amide bonds. The molecule has 0 aliphatic rings. The van der Waals surface area contributed by atoms with Gasteiger partial charge in [0.15, 0.2) is 0 Å². The number of carbonyl (C=O) groups is 1. The Labute approximate surface area is 175 Å². The molecule has 5 heteroatoms. The van der Waals surface area contributed by atoms with Crippen LogP contribution in [0.4, 0.5) is 0 Å². The summed E-state index contributed by atoms with van der Waals surface area (Å²) in [5, 5.41) is 0. The first-order valence-corrected chi connectivity index (χ1v) is 10.2. The second-order valence-corrected chi connectivity index (χ2v) is 7.60. The molecule has 0 unspecified atom stereocenters. The van der Waals surface area contributed by atoms with Crippen LogP contribution in [0, 0.1) is 0 Å². The van der Waals surface area contributed by atoms with Gasteiger partial charge in [-0.3, -0.25) is 0 Å². The number of hydrogen-bond acceptors (Lipinski definition) is 3. The van der Waals surface area contributed by atoms with E-state index in [-0.39, 0.29) is 0 Å². The number of ether oxygens (including phenoxy) is 2. The molecule has 0 aliphatic heterocycles. The molecule has 0 spiro atoms. The molecule has 3 aromatic carbocycles. The predicted molar refractivity (Wildman–Crippen MR) is 114 cm³/mol. The molecule has 0 saturated carbocycles. The number of esters is 1. The van der Waals surface area contributed by atoms with E-state index in [2.05, 4.69) is 31.9 Å². The molecule has 3 nitrogen and oxygen atoms in total. The molecule has 0 fully saturated rings. The third-order valence-electron chi connectivity index (χ3n) is 3.87. The minimum absolute atomic E-state index is 0.425. The average Bonchev–Trinajstić information content (AvgIpc) is 2.69. The molecular formula is C22H18Br2O3. The molecule has 0 radical (unpaired) electrons. The molecule has 3 aromatic rings. The molecular weight excluding hydrogens is 472 g/mol. The molecule has 138 valence electrons. The highest BCUT2D eigenvalue weighted by Crippen LogP contribution is 2.32. The Bertz CT molecular complexity index is 940. The van der Waals surface area contributed by atoms with Gasteiger partial charge >= 0.3 is 5.97 Å². The van der Waals surface area contributed by atoms with Crippen molar-refractivity contribution in [2.45, 2.75) is 13.3 Å². The second kappa shape index (κ2) is 9.20. The van der Waals surface area contributed by atoms with Crippen molar-refractivity contribution in [1.29, 1.82) is 0 Å². The molecule has 0 saturated heterocycles. The van der Waals surface area contributed by atoms with E-state index in [0.29, 0.717) is 23.7 Å². The first-order valence-electron chi connectivity index (χ1n) is 8.58. The van der Waals surface area contributed by atoms with E-state index in [0.717, 1.165) is 26.5 Å². The van der Waals surface area contributed by atoms with Crippen molar-refractivity contribution in [1.82, 2.24) is 0 Å². The van der Waals surface area contributed by atoms with Gasteiger partial charge in [-0.2, -0.15) is 0 Å². The zero-order chi connectivity index (χ0) is 19.2. The topological polar surface area (TPSA) is 35.5 Å². The lowest BCUT2D eigenvalue weighted by Gasteiger charge is -2.11. The number of rotatable bonds is 6. The van der Waals surface area contributed by atoms with Crippen LogP contribution in [0.15, 0.2) is 75.7 Å². The van der Waals surface area contributed by atoms with Gasteiger partial charge in [0.1, 0.15) is 11.5 Å². The summed E-state index contributed by atoms with van der Waals surface area (Å²) < 4.78 is 12.6. The fourth-order valence-electron chi connectivity index (χ4n) is 2.51. The maximum absolute atomic E-state index is 12.5. The smallest absolute Gasteiger partial charge is 0.343 e. The standard InChI is InChI=1S/C22H18Br2O3/c1-2-12-26-20-10-9-17(14-18(20)23)22(25)27-21-11-8-16(13-19(21)24)15-6-4-3-5-7-15/h3-11,13-14H,2,12H2,1H3. The zero-order valence-electron chi connectivity index (χ0n) is 14.7. The summed E-state index contributed by atoms with van der Waals surface area (Å²) in [7, 11) is 0. The Morgan fingerprint density at radius 3 is 2.22 bits per heavy atom. The van der Waals surface area contributed by atoms with Gasteiger partial charge in [-0.05, 0) is 79.7 Å². The van der Waals surface area contributed by atoms with Crippen molar-refractivity contribution >= 4 is 37.8 Å². The first kappa shape index (κ1) is 19.6. The Morgan fingerprint density at radius 1 is 0.852 bits per heavy atom. The number of carbonyl (C=O) groups excluding carboxylic acids is 1. The Kier molecular flexibility index (Phi) is 6.69. The van der Waals surface area contributed by atoms with Gasteiger partial charge in [-0.15, -0.1) is 0 Å². The highest BCUT2D eigenvalue weighted by molar-refractivity contribution is 9.10. The lowest BCUT2D eigenvalue weighted by atomic mass is 10.1. The third kappa shape index (κ3) is 4.99. The van der Waals surface area contributed by atoms with Crippen LogP contribution in [0.25, 0.3) is 11.1 Å². The maximum Gasteiger partial charge on any atom is 0.343 e. The molecule has 0 atom stereocenters. The van der Waals surface area contributed by atoms with Crippen LogP contribution < -0.4 is 9.47 Å². The summed E-state index contributed by atoms with van der Waals surface area (Å²) in [5.74, 6) is 0.759. The van der Waals surface area contributed by atoms with E-state index < -0.39 is 5.97 Å². The monoisotopic (exact) mass is 488 g/mol. The van der Waals surface area contributed by atoms with Crippen LogP contribution in [-0.2, 0) is 0 Å². The quantitative estimate of drug-likeness (QED) is 0.279. The van der Waals surface area contributed by atoms with E-state index in [4.69, 9.17) is 9.47 Å². The SMILES string of the molecule is CCCOc1ccc(C(=O)Oc2ccc(-c3ccccc3)cc2Br)cc1Br. The highest BCUT2D eigenvalue weighted by atomic mass is 79.9. The summed E-state index contributed by atoms with van der Waals surface area (Å²) in [5.41, 5.74) is 2.59. The number of halogens is 2. The fourth-order valence-corrected chi connectivity index (χ4v) is 3.46. The van der Waals surface area contributed by atoms with Gasteiger partial charge in [0.2, 0.25) is 0 Å². The normalized spacial score (nSPS) is 10.5. The van der Waals surface area contributed by atoms with Gasteiger partial charge in [0.05, 0.1) is 21.1 Å². The number of benzene rings is 3. The van der Waals surface area contributed by atoms with E-state index in [1.165, 1.54) is 0 Å². The van der Waals surface area contributed by atoms with E-state index in [9.17, 15) is 4.79 Å². The fraction of sp³-hybridized carbons (Fsp3) is 0.136. The molecule has 0 heterocycles. The lowest BCUT2D eigenvalue weighted by Crippen LogP contribution is -2.09. The van der Waals surface area contributed by atoms with E-state index >= 15 is 0 Å². The summed E-state index contributed by atoms with van der Waals surface area (Å²) in [6.45, 7) is 2.67. The Morgan fingerprint density at radius 2 is 1.56 bits per heavy atom. The highest BCUT2D eigenvalue weighted by Gasteiger charge is 2.14. The van der Waals surface area contributed by atoms with Crippen LogP contribution in [-0.4, -0.2) is 12.6 Å². The predicted octanol–water partition coefficient (Wildman–Crippen LogP) is 6.89. The Hall–Kier alpha value is -2.11. The molecule has 0 N–H and O–H groups in total. The number of hydrogen-bond donors (Lipinski definition) is 0. The maximum atomic E-state index is 12.5. The summed E-state index contributed by atoms with van der Waals surface area (Å²) >= 11 is 6.93. The second-order valence-electron chi connectivity index (χ2n) is 5.89. The summed E-state index contributed by atoms with van der Waals surface area (Å²) in [6, 6.07) is 20.9. The van der Waals surface area contributed by atoms with Gasteiger partial charge in [-0.25, -0.2) is 4.79 Å². The van der Waals surface area contributed by atoms with Gasteiger partial charge in [0, 0.05) is 0 Å². The summed E-state index contributed by atoms with van der Waals surface area (Å²) in [4.78, 5) is 12.5.